The van der Waals surface area contributed by atoms with Gasteiger partial charge in [-0.15, -0.1) is 0 Å². The predicted molar refractivity (Wildman–Crippen MR) is 112 cm³/mol. The molecule has 3 aromatic rings. The fourth-order valence-corrected chi connectivity index (χ4v) is 2.96. The summed E-state index contributed by atoms with van der Waals surface area (Å²) in [5, 5.41) is 5.91. The zero-order valence-corrected chi connectivity index (χ0v) is 17.1. The summed E-state index contributed by atoms with van der Waals surface area (Å²) < 4.78 is 19.2. The molecule has 0 saturated heterocycles. The molecule has 3 rings (SSSR count). The highest BCUT2D eigenvalue weighted by Gasteiger charge is 2.11. The van der Waals surface area contributed by atoms with Crippen molar-refractivity contribution < 1.29 is 18.4 Å². The Balaban J connectivity index is 1.39. The molecule has 0 bridgehead atoms. The topological polar surface area (TPSA) is 84.2 Å². The van der Waals surface area contributed by atoms with Gasteiger partial charge in [0, 0.05) is 37.1 Å². The van der Waals surface area contributed by atoms with Crippen LogP contribution in [0.5, 0.6) is 0 Å². The van der Waals surface area contributed by atoms with Crippen molar-refractivity contribution in [1.82, 2.24) is 15.6 Å². The Morgan fingerprint density at radius 2 is 1.90 bits per heavy atom. The van der Waals surface area contributed by atoms with Gasteiger partial charge in [0.05, 0.1) is 11.2 Å². The summed E-state index contributed by atoms with van der Waals surface area (Å²) in [6.45, 7) is 2.12. The summed E-state index contributed by atoms with van der Waals surface area (Å²) in [6.07, 6.45) is 2.11. The molecule has 0 saturated carbocycles. The number of amides is 2. The quantitative estimate of drug-likeness (QED) is 0.531. The van der Waals surface area contributed by atoms with Crippen molar-refractivity contribution in [3.63, 3.8) is 0 Å². The summed E-state index contributed by atoms with van der Waals surface area (Å²) in [6, 6.07) is 11.6. The van der Waals surface area contributed by atoms with Crippen molar-refractivity contribution >= 4 is 23.4 Å². The van der Waals surface area contributed by atoms with E-state index in [4.69, 9.17) is 16.0 Å². The number of hydrogen-bond donors (Lipinski definition) is 2. The number of halogens is 2. The molecule has 30 heavy (non-hydrogen) atoms. The van der Waals surface area contributed by atoms with Crippen LogP contribution in [0.25, 0.3) is 11.3 Å². The van der Waals surface area contributed by atoms with Crippen LogP contribution in [0, 0.1) is 12.7 Å². The lowest BCUT2D eigenvalue weighted by Gasteiger charge is -2.07. The summed E-state index contributed by atoms with van der Waals surface area (Å²) in [4.78, 5) is 28.1. The van der Waals surface area contributed by atoms with Crippen LogP contribution >= 0.6 is 11.6 Å². The van der Waals surface area contributed by atoms with E-state index in [0.717, 1.165) is 5.56 Å². The molecule has 6 nitrogen and oxygen atoms in total. The van der Waals surface area contributed by atoms with Gasteiger partial charge in [0.2, 0.25) is 5.91 Å². The number of nitrogens with zero attached hydrogens (tertiary/aromatic N) is 1. The van der Waals surface area contributed by atoms with Crippen molar-refractivity contribution in [2.45, 2.75) is 19.8 Å². The fourth-order valence-electron chi connectivity index (χ4n) is 2.73. The first-order valence-electron chi connectivity index (χ1n) is 9.44. The van der Waals surface area contributed by atoms with Gasteiger partial charge < -0.3 is 15.1 Å². The summed E-state index contributed by atoms with van der Waals surface area (Å²) in [5.74, 6) is -0.0284. The SMILES string of the molecule is Cc1ccc(C(=O)NCCNC(=O)CCc2ncc(-c3ccccc3Cl)o2)cc1F. The van der Waals surface area contributed by atoms with E-state index >= 15 is 0 Å². The molecule has 8 heteroatoms. The van der Waals surface area contributed by atoms with E-state index < -0.39 is 11.7 Å². The lowest BCUT2D eigenvalue weighted by atomic mass is 10.1. The Hall–Kier alpha value is -3.19. The Labute approximate surface area is 178 Å². The molecule has 0 aliphatic carbocycles. The minimum atomic E-state index is -0.430. The number of benzene rings is 2. The van der Waals surface area contributed by atoms with Crippen molar-refractivity contribution in [2.24, 2.45) is 0 Å². The zero-order chi connectivity index (χ0) is 21.5. The standard InChI is InChI=1S/C22H21ClFN3O3/c1-14-6-7-15(12-18(14)24)22(29)26-11-10-25-20(28)8-9-21-27-13-19(30-21)16-4-2-3-5-17(16)23/h2-7,12-13H,8-11H2,1H3,(H,25,28)(H,26,29). The molecule has 2 amide bonds. The van der Waals surface area contributed by atoms with Gasteiger partial charge in [0.1, 0.15) is 5.82 Å². The number of carbonyl (C=O) groups excluding carboxylic acids is 2. The number of oxazole rings is 1. The van der Waals surface area contributed by atoms with E-state index in [9.17, 15) is 14.0 Å². The average Bonchev–Trinajstić information content (AvgIpc) is 3.20. The van der Waals surface area contributed by atoms with Gasteiger partial charge in [-0.3, -0.25) is 9.59 Å². The van der Waals surface area contributed by atoms with Gasteiger partial charge in [-0.2, -0.15) is 0 Å². The van der Waals surface area contributed by atoms with Crippen LogP contribution in [0.15, 0.2) is 53.1 Å². The van der Waals surface area contributed by atoms with Crippen molar-refractivity contribution in [1.29, 1.82) is 0 Å². The lowest BCUT2D eigenvalue weighted by Crippen LogP contribution is -2.34. The molecule has 0 unspecified atom stereocenters. The average molecular weight is 430 g/mol. The van der Waals surface area contributed by atoms with Gasteiger partial charge in [-0.25, -0.2) is 9.37 Å². The van der Waals surface area contributed by atoms with Crippen LogP contribution in [0.2, 0.25) is 5.02 Å². The van der Waals surface area contributed by atoms with Gasteiger partial charge in [-0.1, -0.05) is 29.8 Å². The smallest absolute Gasteiger partial charge is 0.251 e. The number of hydrogen-bond acceptors (Lipinski definition) is 4. The van der Waals surface area contributed by atoms with E-state index in [0.29, 0.717) is 28.7 Å². The number of aromatic nitrogens is 1. The number of aryl methyl sites for hydroxylation is 2. The molecule has 1 heterocycles. The van der Waals surface area contributed by atoms with Crippen LogP contribution < -0.4 is 10.6 Å². The van der Waals surface area contributed by atoms with Crippen molar-refractivity contribution in [3.8, 4) is 11.3 Å². The summed E-state index contributed by atoms with van der Waals surface area (Å²) >= 11 is 6.14. The largest absolute Gasteiger partial charge is 0.441 e. The molecular weight excluding hydrogens is 409 g/mol. The molecule has 2 aromatic carbocycles. The molecule has 2 N–H and O–H groups in total. The van der Waals surface area contributed by atoms with Crippen LogP contribution in [0.4, 0.5) is 4.39 Å². The van der Waals surface area contributed by atoms with Crippen LogP contribution in [-0.2, 0) is 11.2 Å². The Bertz CT molecular complexity index is 1050. The fraction of sp³-hybridized carbons (Fsp3) is 0.227. The molecular formula is C22H21ClFN3O3. The highest BCUT2D eigenvalue weighted by molar-refractivity contribution is 6.33. The maximum atomic E-state index is 13.5. The zero-order valence-electron chi connectivity index (χ0n) is 16.4. The third-order valence-electron chi connectivity index (χ3n) is 4.43. The highest BCUT2D eigenvalue weighted by atomic mass is 35.5. The van der Waals surface area contributed by atoms with Crippen LogP contribution in [0.3, 0.4) is 0 Å². The second-order valence-corrected chi connectivity index (χ2v) is 7.08. The van der Waals surface area contributed by atoms with E-state index in [1.165, 1.54) is 6.07 Å². The molecule has 0 atom stereocenters. The van der Waals surface area contributed by atoms with E-state index in [1.807, 2.05) is 18.2 Å². The Morgan fingerprint density at radius 3 is 2.67 bits per heavy atom. The second-order valence-electron chi connectivity index (χ2n) is 6.67. The summed E-state index contributed by atoms with van der Waals surface area (Å²) in [5.41, 5.74) is 1.46. The number of rotatable bonds is 8. The molecule has 0 radical (unpaired) electrons. The maximum absolute atomic E-state index is 13.5. The van der Waals surface area contributed by atoms with Crippen molar-refractivity contribution in [2.75, 3.05) is 13.1 Å². The first-order valence-corrected chi connectivity index (χ1v) is 9.82. The lowest BCUT2D eigenvalue weighted by molar-refractivity contribution is -0.121. The monoisotopic (exact) mass is 429 g/mol. The van der Waals surface area contributed by atoms with E-state index in [-0.39, 0.29) is 31.0 Å². The Morgan fingerprint density at radius 1 is 1.13 bits per heavy atom. The third-order valence-corrected chi connectivity index (χ3v) is 4.76. The van der Waals surface area contributed by atoms with Gasteiger partial charge in [0.15, 0.2) is 11.7 Å². The molecule has 156 valence electrons. The predicted octanol–water partition coefficient (Wildman–Crippen LogP) is 3.92. The highest BCUT2D eigenvalue weighted by Crippen LogP contribution is 2.28. The van der Waals surface area contributed by atoms with Gasteiger partial charge in [0.25, 0.3) is 5.91 Å². The second kappa shape index (κ2) is 10.0. The molecule has 1 aromatic heterocycles. The Kier molecular flexibility index (Phi) is 7.19. The van der Waals surface area contributed by atoms with Crippen molar-refractivity contribution in [3.05, 3.63) is 76.5 Å². The first kappa shape index (κ1) is 21.5. The van der Waals surface area contributed by atoms with Crippen LogP contribution in [-0.4, -0.2) is 29.9 Å². The van der Waals surface area contributed by atoms with E-state index in [1.54, 1.807) is 31.3 Å². The number of carbonyl (C=O) groups is 2. The molecule has 0 aliphatic heterocycles. The van der Waals surface area contributed by atoms with E-state index in [2.05, 4.69) is 15.6 Å². The molecule has 0 fully saturated rings. The third kappa shape index (κ3) is 5.67. The molecule has 0 spiro atoms. The maximum Gasteiger partial charge on any atom is 0.251 e. The van der Waals surface area contributed by atoms with Gasteiger partial charge >= 0.3 is 0 Å². The minimum absolute atomic E-state index is 0.192. The summed E-state index contributed by atoms with van der Waals surface area (Å²) in [7, 11) is 0. The van der Waals surface area contributed by atoms with Gasteiger partial charge in [-0.05, 0) is 36.8 Å². The number of nitrogens with one attached hydrogen (secondary N) is 2. The minimum Gasteiger partial charge on any atom is -0.441 e. The molecule has 0 aliphatic rings. The first-order chi connectivity index (χ1) is 14.4. The normalized spacial score (nSPS) is 10.6. The van der Waals surface area contributed by atoms with Crippen LogP contribution in [0.1, 0.15) is 28.2 Å².